The van der Waals surface area contributed by atoms with E-state index >= 15 is 0 Å². The largest absolute Gasteiger partial charge is 0.307 e. The minimum absolute atomic E-state index is 0.0528. The molecule has 2 heterocycles. The number of para-hydroxylation sites is 1. The van der Waals surface area contributed by atoms with Crippen molar-refractivity contribution < 1.29 is 13.6 Å². The monoisotopic (exact) mass is 483 g/mol. The van der Waals surface area contributed by atoms with E-state index in [0.29, 0.717) is 18.0 Å². The Balaban J connectivity index is 1.51. The summed E-state index contributed by atoms with van der Waals surface area (Å²) in [5, 5.41) is 8.73. The van der Waals surface area contributed by atoms with E-state index in [1.54, 1.807) is 0 Å². The topological polar surface area (TPSA) is 45.0 Å². The number of carbonyl (C=O) groups is 1. The molecule has 2 aliphatic heterocycles. The summed E-state index contributed by atoms with van der Waals surface area (Å²) in [4.78, 5) is 14.9. The molecule has 2 aromatic carbocycles. The number of amides is 1. The summed E-state index contributed by atoms with van der Waals surface area (Å²) < 4.78 is 29.5. The van der Waals surface area contributed by atoms with Crippen LogP contribution >= 0.6 is 15.9 Å². The zero-order valence-corrected chi connectivity index (χ0v) is 18.5. The third-order valence-electron chi connectivity index (χ3n) is 6.03. The molecule has 0 saturated heterocycles. The van der Waals surface area contributed by atoms with Crippen LogP contribution in [0.25, 0.3) is 4.48 Å². The van der Waals surface area contributed by atoms with Crippen LogP contribution in [0, 0.1) is 24.5 Å². The standard InChI is InChI=1S/C24H20BrF2N3O/c1-13-8-19(27)15(9-18(13)26)12-30-22-5-3-2-4-16(22)24(25)17(10-23(30)31)21-11-20(28-29-21)14-6-7-14/h2-5,8-9,14H,6-7,10-12H2,1H3. The molecular weight excluding hydrogens is 464 g/mol. The highest BCUT2D eigenvalue weighted by Gasteiger charge is 2.34. The normalized spacial score (nSPS) is 18.7. The van der Waals surface area contributed by atoms with Crippen LogP contribution in [-0.4, -0.2) is 17.3 Å². The molecule has 31 heavy (non-hydrogen) atoms. The Kier molecular flexibility index (Phi) is 5.08. The summed E-state index contributed by atoms with van der Waals surface area (Å²) in [5.41, 5.74) is 4.53. The highest BCUT2D eigenvalue weighted by Crippen LogP contribution is 2.41. The molecule has 0 bridgehead atoms. The van der Waals surface area contributed by atoms with E-state index < -0.39 is 11.6 Å². The van der Waals surface area contributed by atoms with Gasteiger partial charge in [0, 0.05) is 33.3 Å². The van der Waals surface area contributed by atoms with Crippen LogP contribution < -0.4 is 4.90 Å². The molecule has 3 aliphatic rings. The smallest absolute Gasteiger partial charge is 0.231 e. The molecule has 1 fully saturated rings. The van der Waals surface area contributed by atoms with E-state index in [2.05, 4.69) is 26.1 Å². The lowest BCUT2D eigenvalue weighted by molar-refractivity contribution is -0.118. The van der Waals surface area contributed by atoms with Crippen molar-refractivity contribution >= 4 is 43.4 Å². The summed E-state index contributed by atoms with van der Waals surface area (Å²) in [6.45, 7) is 1.46. The van der Waals surface area contributed by atoms with Crippen LogP contribution in [-0.2, 0) is 11.3 Å². The van der Waals surface area contributed by atoms with Gasteiger partial charge >= 0.3 is 0 Å². The Morgan fingerprint density at radius 1 is 1.10 bits per heavy atom. The summed E-state index contributed by atoms with van der Waals surface area (Å²) in [6, 6.07) is 9.80. The Labute approximate surface area is 187 Å². The Morgan fingerprint density at radius 3 is 2.65 bits per heavy atom. The van der Waals surface area contributed by atoms with Gasteiger partial charge in [-0.25, -0.2) is 8.78 Å². The number of hydrogen-bond donors (Lipinski definition) is 0. The van der Waals surface area contributed by atoms with Gasteiger partial charge in [-0.15, -0.1) is 0 Å². The first-order valence-corrected chi connectivity index (χ1v) is 11.1. The number of nitrogens with zero attached hydrogens (tertiary/aromatic N) is 3. The number of aryl methyl sites for hydroxylation is 1. The molecule has 158 valence electrons. The maximum absolute atomic E-state index is 14.6. The average molecular weight is 484 g/mol. The fourth-order valence-corrected chi connectivity index (χ4v) is 4.78. The number of fused-ring (bicyclic) bond motifs is 1. The molecule has 7 heteroatoms. The second-order valence-electron chi connectivity index (χ2n) is 8.25. The molecule has 0 spiro atoms. The summed E-state index contributed by atoms with van der Waals surface area (Å²) in [5.74, 6) is -0.689. The van der Waals surface area contributed by atoms with E-state index in [0.717, 1.165) is 39.9 Å². The van der Waals surface area contributed by atoms with Crippen molar-refractivity contribution in [3.8, 4) is 0 Å². The minimum Gasteiger partial charge on any atom is -0.307 e. The van der Waals surface area contributed by atoms with Gasteiger partial charge in [0.25, 0.3) is 0 Å². The van der Waals surface area contributed by atoms with Crippen molar-refractivity contribution in [2.45, 2.75) is 39.2 Å². The minimum atomic E-state index is -0.525. The van der Waals surface area contributed by atoms with Gasteiger partial charge in [0.1, 0.15) is 11.6 Å². The Morgan fingerprint density at radius 2 is 1.87 bits per heavy atom. The highest BCUT2D eigenvalue weighted by molar-refractivity contribution is 9.15. The van der Waals surface area contributed by atoms with Crippen molar-refractivity contribution in [2.75, 3.05) is 4.90 Å². The van der Waals surface area contributed by atoms with Crippen LogP contribution in [0.3, 0.4) is 0 Å². The van der Waals surface area contributed by atoms with E-state index in [9.17, 15) is 13.6 Å². The van der Waals surface area contributed by atoms with Gasteiger partial charge in [0.2, 0.25) is 5.91 Å². The molecule has 0 atom stereocenters. The fraction of sp³-hybridized carbons (Fsp3) is 0.292. The number of anilines is 1. The molecule has 5 rings (SSSR count). The second-order valence-corrected chi connectivity index (χ2v) is 9.04. The van der Waals surface area contributed by atoms with Crippen molar-refractivity contribution in [1.82, 2.24) is 0 Å². The first kappa shape index (κ1) is 20.2. The predicted molar refractivity (Wildman–Crippen MR) is 121 cm³/mol. The molecule has 0 unspecified atom stereocenters. The third-order valence-corrected chi connectivity index (χ3v) is 6.93. The van der Waals surface area contributed by atoms with Gasteiger partial charge in [-0.2, -0.15) is 10.2 Å². The number of rotatable bonds is 4. The van der Waals surface area contributed by atoms with E-state index in [-0.39, 0.29) is 30.0 Å². The Hall–Kier alpha value is -2.67. The Bertz CT molecular complexity index is 1200. The molecule has 4 nitrogen and oxygen atoms in total. The molecular formula is C24H20BrF2N3O. The summed E-state index contributed by atoms with van der Waals surface area (Å²) in [6.07, 6.45) is 3.06. The van der Waals surface area contributed by atoms with Crippen LogP contribution in [0.1, 0.15) is 42.4 Å². The van der Waals surface area contributed by atoms with Gasteiger partial charge in [-0.1, -0.05) is 18.2 Å². The maximum Gasteiger partial charge on any atom is 0.231 e. The molecule has 1 saturated carbocycles. The van der Waals surface area contributed by atoms with Crippen molar-refractivity contribution in [1.29, 1.82) is 0 Å². The first-order chi connectivity index (χ1) is 14.9. The SMILES string of the molecule is Cc1cc(F)c(CN2C(=O)CC(C3=NN=C(C4CC4)C3)=C(Br)c3ccccc32)cc1F. The van der Waals surface area contributed by atoms with Gasteiger partial charge in [0.05, 0.1) is 24.4 Å². The average Bonchev–Trinajstić information content (AvgIpc) is 3.51. The van der Waals surface area contributed by atoms with Gasteiger partial charge in [0.15, 0.2) is 0 Å². The summed E-state index contributed by atoms with van der Waals surface area (Å²) in [7, 11) is 0. The van der Waals surface area contributed by atoms with Crippen LogP contribution in [0.2, 0.25) is 0 Å². The fourth-order valence-electron chi connectivity index (χ4n) is 4.07. The number of hydrogen-bond acceptors (Lipinski definition) is 3. The van der Waals surface area contributed by atoms with Crippen LogP contribution in [0.5, 0.6) is 0 Å². The lowest BCUT2D eigenvalue weighted by Gasteiger charge is -2.24. The molecule has 1 amide bonds. The quantitative estimate of drug-likeness (QED) is 0.531. The predicted octanol–water partition coefficient (Wildman–Crippen LogP) is 5.93. The number of halogens is 3. The van der Waals surface area contributed by atoms with E-state index in [1.807, 2.05) is 24.3 Å². The first-order valence-electron chi connectivity index (χ1n) is 10.3. The van der Waals surface area contributed by atoms with Crippen molar-refractivity contribution in [3.63, 3.8) is 0 Å². The van der Waals surface area contributed by atoms with E-state index in [1.165, 1.54) is 24.0 Å². The molecule has 2 aromatic rings. The van der Waals surface area contributed by atoms with Crippen molar-refractivity contribution in [3.05, 3.63) is 70.3 Å². The van der Waals surface area contributed by atoms with Gasteiger partial charge in [-0.3, -0.25) is 4.79 Å². The zero-order chi connectivity index (χ0) is 21.7. The number of carbonyl (C=O) groups excluding carboxylic acids is 1. The third kappa shape index (κ3) is 3.76. The van der Waals surface area contributed by atoms with Gasteiger partial charge in [-0.05, 0) is 65.4 Å². The lowest BCUT2D eigenvalue weighted by atomic mass is 9.99. The zero-order valence-electron chi connectivity index (χ0n) is 17.0. The molecule has 0 aromatic heterocycles. The van der Waals surface area contributed by atoms with Gasteiger partial charge < -0.3 is 4.90 Å². The van der Waals surface area contributed by atoms with Crippen molar-refractivity contribution in [2.24, 2.45) is 16.1 Å². The van der Waals surface area contributed by atoms with E-state index in [4.69, 9.17) is 0 Å². The molecule has 1 aliphatic carbocycles. The lowest BCUT2D eigenvalue weighted by Crippen LogP contribution is -2.31. The summed E-state index contributed by atoms with van der Waals surface area (Å²) >= 11 is 3.70. The van der Waals surface area contributed by atoms with Crippen LogP contribution in [0.4, 0.5) is 14.5 Å². The van der Waals surface area contributed by atoms with Crippen LogP contribution in [0.15, 0.2) is 52.2 Å². The number of benzene rings is 2. The highest BCUT2D eigenvalue weighted by atomic mass is 79.9. The molecule has 0 N–H and O–H groups in total. The maximum atomic E-state index is 14.6. The molecule has 0 radical (unpaired) electrons. The second kappa shape index (κ2) is 7.79.